The predicted molar refractivity (Wildman–Crippen MR) is 75.3 cm³/mol. The van der Waals surface area contributed by atoms with Gasteiger partial charge in [0, 0.05) is 20.1 Å². The SMILES string of the molecule is CCN(C(=O)C[C@@H](CN)CC(C)C)C(C)COC. The largest absolute Gasteiger partial charge is 0.383 e. The zero-order valence-electron chi connectivity index (χ0n) is 12.6. The van der Waals surface area contributed by atoms with Gasteiger partial charge in [0.25, 0.3) is 0 Å². The lowest BCUT2D eigenvalue weighted by molar-refractivity contribution is -0.135. The highest BCUT2D eigenvalue weighted by Gasteiger charge is 2.21. The van der Waals surface area contributed by atoms with Crippen LogP contribution in [0.1, 0.15) is 40.5 Å². The highest BCUT2D eigenvalue weighted by atomic mass is 16.5. The van der Waals surface area contributed by atoms with Crippen LogP contribution in [0.25, 0.3) is 0 Å². The molecule has 4 nitrogen and oxygen atoms in total. The molecule has 108 valence electrons. The minimum atomic E-state index is 0.130. The fraction of sp³-hybridized carbons (Fsp3) is 0.929. The Hall–Kier alpha value is -0.610. The Bertz CT molecular complexity index is 232. The monoisotopic (exact) mass is 258 g/mol. The number of nitrogens with two attached hydrogens (primary N) is 1. The first-order valence-electron chi connectivity index (χ1n) is 6.94. The van der Waals surface area contributed by atoms with Crippen molar-refractivity contribution in [2.24, 2.45) is 17.6 Å². The van der Waals surface area contributed by atoms with Crippen molar-refractivity contribution >= 4 is 5.91 Å². The van der Waals surface area contributed by atoms with Crippen LogP contribution in [0, 0.1) is 11.8 Å². The van der Waals surface area contributed by atoms with Gasteiger partial charge < -0.3 is 15.4 Å². The molecule has 0 fully saturated rings. The molecular formula is C14H30N2O2. The molecule has 0 spiro atoms. The number of methoxy groups -OCH3 is 1. The number of likely N-dealkylation sites (N-methyl/N-ethyl adjacent to an activating group) is 1. The summed E-state index contributed by atoms with van der Waals surface area (Å²) in [6.45, 7) is 10.2. The fourth-order valence-electron chi connectivity index (χ4n) is 2.36. The quantitative estimate of drug-likeness (QED) is 0.687. The number of hydrogen-bond donors (Lipinski definition) is 1. The lowest BCUT2D eigenvalue weighted by Gasteiger charge is -2.29. The van der Waals surface area contributed by atoms with E-state index in [1.54, 1.807) is 7.11 Å². The number of amides is 1. The highest BCUT2D eigenvalue weighted by molar-refractivity contribution is 5.76. The molecule has 18 heavy (non-hydrogen) atoms. The molecule has 2 atom stereocenters. The van der Waals surface area contributed by atoms with Crippen molar-refractivity contribution in [1.29, 1.82) is 0 Å². The van der Waals surface area contributed by atoms with E-state index in [9.17, 15) is 4.79 Å². The first-order chi connectivity index (χ1) is 8.46. The van der Waals surface area contributed by atoms with Crippen molar-refractivity contribution in [2.45, 2.75) is 46.6 Å². The van der Waals surface area contributed by atoms with Gasteiger partial charge in [-0.15, -0.1) is 0 Å². The van der Waals surface area contributed by atoms with Crippen molar-refractivity contribution in [3.8, 4) is 0 Å². The summed E-state index contributed by atoms with van der Waals surface area (Å²) in [4.78, 5) is 14.1. The standard InChI is InChI=1S/C14H30N2O2/c1-6-16(12(4)10-18-5)14(17)8-13(9-15)7-11(2)3/h11-13H,6-10,15H2,1-5H3/t12?,13-/m0/s1. The summed E-state index contributed by atoms with van der Waals surface area (Å²) in [5.41, 5.74) is 5.75. The van der Waals surface area contributed by atoms with Gasteiger partial charge in [-0.2, -0.15) is 0 Å². The Balaban J connectivity index is 4.40. The van der Waals surface area contributed by atoms with Crippen molar-refractivity contribution in [3.63, 3.8) is 0 Å². The third kappa shape index (κ3) is 6.36. The number of carbonyl (C=O) groups is 1. The topological polar surface area (TPSA) is 55.6 Å². The maximum Gasteiger partial charge on any atom is 0.223 e. The van der Waals surface area contributed by atoms with E-state index in [4.69, 9.17) is 10.5 Å². The molecule has 0 radical (unpaired) electrons. The van der Waals surface area contributed by atoms with Crippen LogP contribution in [-0.4, -0.2) is 43.7 Å². The van der Waals surface area contributed by atoms with Crippen molar-refractivity contribution in [3.05, 3.63) is 0 Å². The average Bonchev–Trinajstić information content (AvgIpc) is 2.28. The molecule has 0 rings (SSSR count). The Morgan fingerprint density at radius 2 is 1.94 bits per heavy atom. The number of hydrogen-bond acceptors (Lipinski definition) is 3. The first-order valence-corrected chi connectivity index (χ1v) is 6.94. The second kappa shape index (κ2) is 9.34. The summed E-state index contributed by atoms with van der Waals surface area (Å²) in [5.74, 6) is 1.07. The zero-order valence-corrected chi connectivity index (χ0v) is 12.6. The number of carbonyl (C=O) groups excluding carboxylic acids is 1. The van der Waals surface area contributed by atoms with Gasteiger partial charge in [-0.3, -0.25) is 4.79 Å². The van der Waals surface area contributed by atoms with E-state index in [2.05, 4.69) is 13.8 Å². The molecule has 0 bridgehead atoms. The Morgan fingerprint density at radius 3 is 2.33 bits per heavy atom. The summed E-state index contributed by atoms with van der Waals surface area (Å²) in [7, 11) is 1.66. The summed E-state index contributed by atoms with van der Waals surface area (Å²) < 4.78 is 5.11. The van der Waals surface area contributed by atoms with E-state index in [0.29, 0.717) is 31.4 Å². The normalized spacial score (nSPS) is 14.6. The molecule has 0 saturated heterocycles. The summed E-state index contributed by atoms with van der Waals surface area (Å²) in [5, 5.41) is 0. The molecule has 0 aromatic carbocycles. The first kappa shape index (κ1) is 17.4. The molecule has 0 aromatic rings. The smallest absolute Gasteiger partial charge is 0.223 e. The molecule has 0 aliphatic carbocycles. The van der Waals surface area contributed by atoms with Gasteiger partial charge in [0.05, 0.1) is 12.6 Å². The zero-order chi connectivity index (χ0) is 14.1. The van der Waals surface area contributed by atoms with Gasteiger partial charge in [-0.1, -0.05) is 13.8 Å². The summed E-state index contributed by atoms with van der Waals surface area (Å²) in [6, 6.07) is 0.130. The number of rotatable bonds is 9. The molecule has 0 aromatic heterocycles. The van der Waals surface area contributed by atoms with E-state index < -0.39 is 0 Å². The molecule has 0 saturated carbocycles. The highest BCUT2D eigenvalue weighted by Crippen LogP contribution is 2.16. The van der Waals surface area contributed by atoms with E-state index in [-0.39, 0.29) is 11.9 Å². The van der Waals surface area contributed by atoms with Crippen LogP contribution in [0.15, 0.2) is 0 Å². The number of ether oxygens (including phenoxy) is 1. The molecule has 0 heterocycles. The number of nitrogens with zero attached hydrogens (tertiary/aromatic N) is 1. The van der Waals surface area contributed by atoms with Gasteiger partial charge in [-0.25, -0.2) is 0 Å². The van der Waals surface area contributed by atoms with Crippen LogP contribution < -0.4 is 5.73 Å². The van der Waals surface area contributed by atoms with E-state index in [1.807, 2.05) is 18.7 Å². The maximum absolute atomic E-state index is 12.3. The summed E-state index contributed by atoms with van der Waals surface area (Å²) >= 11 is 0. The molecule has 2 N–H and O–H groups in total. The van der Waals surface area contributed by atoms with Gasteiger partial charge in [0.15, 0.2) is 0 Å². The lowest BCUT2D eigenvalue weighted by Crippen LogP contribution is -2.42. The van der Waals surface area contributed by atoms with Gasteiger partial charge in [0.1, 0.15) is 0 Å². The fourth-order valence-corrected chi connectivity index (χ4v) is 2.36. The van der Waals surface area contributed by atoms with Crippen molar-refractivity contribution in [1.82, 2.24) is 4.90 Å². The van der Waals surface area contributed by atoms with Gasteiger partial charge in [-0.05, 0) is 38.6 Å². The molecule has 0 aliphatic rings. The Labute approximate surface area is 112 Å². The van der Waals surface area contributed by atoms with Gasteiger partial charge >= 0.3 is 0 Å². The van der Waals surface area contributed by atoms with E-state index >= 15 is 0 Å². The van der Waals surface area contributed by atoms with Crippen LogP contribution in [0.2, 0.25) is 0 Å². The van der Waals surface area contributed by atoms with E-state index in [0.717, 1.165) is 13.0 Å². The lowest BCUT2D eigenvalue weighted by atomic mass is 9.93. The summed E-state index contributed by atoms with van der Waals surface area (Å²) in [6.07, 6.45) is 1.56. The van der Waals surface area contributed by atoms with Crippen LogP contribution in [-0.2, 0) is 9.53 Å². The molecule has 4 heteroatoms. The third-order valence-electron chi connectivity index (χ3n) is 3.20. The van der Waals surface area contributed by atoms with E-state index in [1.165, 1.54) is 0 Å². The molecule has 0 aliphatic heterocycles. The molecular weight excluding hydrogens is 228 g/mol. The van der Waals surface area contributed by atoms with Crippen molar-refractivity contribution < 1.29 is 9.53 Å². The van der Waals surface area contributed by atoms with Crippen LogP contribution in [0.5, 0.6) is 0 Å². The second-order valence-corrected chi connectivity index (χ2v) is 5.42. The average molecular weight is 258 g/mol. The predicted octanol–water partition coefficient (Wildman–Crippen LogP) is 1.88. The van der Waals surface area contributed by atoms with Gasteiger partial charge in [0.2, 0.25) is 5.91 Å². The Kier molecular flexibility index (Phi) is 9.02. The maximum atomic E-state index is 12.3. The Morgan fingerprint density at radius 1 is 1.33 bits per heavy atom. The molecule has 1 unspecified atom stereocenters. The second-order valence-electron chi connectivity index (χ2n) is 5.42. The molecule has 1 amide bonds. The third-order valence-corrected chi connectivity index (χ3v) is 3.20. The minimum Gasteiger partial charge on any atom is -0.383 e. The van der Waals surface area contributed by atoms with Crippen LogP contribution in [0.4, 0.5) is 0 Å². The van der Waals surface area contributed by atoms with Crippen molar-refractivity contribution in [2.75, 3.05) is 26.8 Å². The minimum absolute atomic E-state index is 0.130. The van der Waals surface area contributed by atoms with Crippen LogP contribution >= 0.6 is 0 Å². The van der Waals surface area contributed by atoms with Crippen LogP contribution in [0.3, 0.4) is 0 Å².